The molecule has 4 heteroatoms. The Labute approximate surface area is 135 Å². The Bertz CT molecular complexity index is 389. The van der Waals surface area contributed by atoms with Crippen LogP contribution >= 0.6 is 11.3 Å². The molecule has 0 aliphatic carbocycles. The fourth-order valence-electron chi connectivity index (χ4n) is 2.34. The van der Waals surface area contributed by atoms with E-state index in [2.05, 4.69) is 44.8 Å². The van der Waals surface area contributed by atoms with E-state index in [0.717, 1.165) is 26.1 Å². The molecule has 0 spiro atoms. The first kappa shape index (κ1) is 18.4. The molecule has 0 saturated heterocycles. The topological polar surface area (TPSA) is 28.2 Å². The highest BCUT2D eigenvalue weighted by Gasteiger charge is 2.18. The number of hydrogen-bond donors (Lipinski definition) is 1. The molecule has 0 amide bonds. The lowest BCUT2D eigenvalue weighted by atomic mass is 10.2. The van der Waals surface area contributed by atoms with Crippen LogP contribution in [0.1, 0.15) is 70.9 Å². The van der Waals surface area contributed by atoms with Gasteiger partial charge in [0.1, 0.15) is 0 Å². The number of hydrogen-bond acceptors (Lipinski definition) is 4. The lowest BCUT2D eigenvalue weighted by Crippen LogP contribution is -2.33. The highest BCUT2D eigenvalue weighted by molar-refractivity contribution is 7.15. The molecule has 1 heterocycles. The van der Waals surface area contributed by atoms with Gasteiger partial charge in [0.25, 0.3) is 0 Å². The van der Waals surface area contributed by atoms with Crippen LogP contribution in [0.5, 0.6) is 0 Å². The fraction of sp³-hybridized carbons (Fsp3) is 0.824. The largest absolute Gasteiger partial charge is 0.345 e. The molecule has 0 aliphatic heterocycles. The number of anilines is 1. The Morgan fingerprint density at radius 2 is 1.95 bits per heavy atom. The predicted molar refractivity (Wildman–Crippen MR) is 95.5 cm³/mol. The van der Waals surface area contributed by atoms with Crippen LogP contribution in [0.2, 0.25) is 0 Å². The molecule has 0 aliphatic rings. The van der Waals surface area contributed by atoms with Crippen molar-refractivity contribution < 1.29 is 0 Å². The fourth-order valence-corrected chi connectivity index (χ4v) is 3.59. The second-order valence-electron chi connectivity index (χ2n) is 5.70. The second kappa shape index (κ2) is 10.2. The molecule has 122 valence electrons. The van der Waals surface area contributed by atoms with Crippen molar-refractivity contribution in [2.75, 3.05) is 18.0 Å². The maximum atomic E-state index is 4.93. The molecule has 0 bridgehead atoms. The van der Waals surface area contributed by atoms with E-state index < -0.39 is 0 Å². The van der Waals surface area contributed by atoms with Crippen molar-refractivity contribution in [1.82, 2.24) is 10.3 Å². The number of thiazole rings is 1. The summed E-state index contributed by atoms with van der Waals surface area (Å²) in [5, 5.41) is 4.74. The van der Waals surface area contributed by atoms with Crippen molar-refractivity contribution in [3.63, 3.8) is 0 Å². The van der Waals surface area contributed by atoms with Crippen LogP contribution in [0.4, 0.5) is 5.13 Å². The standard InChI is InChI=1S/C17H33N3S/c1-6-10-12-20(14(5)8-3)17-19-15(9-4)16(21-17)13-18-11-7-2/h14,18H,6-13H2,1-5H3. The van der Waals surface area contributed by atoms with Gasteiger partial charge in [-0.3, -0.25) is 0 Å². The van der Waals surface area contributed by atoms with Gasteiger partial charge in [-0.1, -0.05) is 34.1 Å². The monoisotopic (exact) mass is 311 g/mol. The summed E-state index contributed by atoms with van der Waals surface area (Å²) in [6.45, 7) is 14.4. The Balaban J connectivity index is 2.86. The van der Waals surface area contributed by atoms with Crippen LogP contribution in [0.25, 0.3) is 0 Å². The zero-order chi connectivity index (χ0) is 15.7. The summed E-state index contributed by atoms with van der Waals surface area (Å²) < 4.78 is 0. The molecular weight excluding hydrogens is 278 g/mol. The van der Waals surface area contributed by atoms with E-state index in [1.165, 1.54) is 41.4 Å². The average molecular weight is 312 g/mol. The number of aromatic nitrogens is 1. The van der Waals surface area contributed by atoms with Crippen molar-refractivity contribution in [1.29, 1.82) is 0 Å². The Morgan fingerprint density at radius 3 is 2.52 bits per heavy atom. The Hall–Kier alpha value is -0.610. The average Bonchev–Trinajstić information content (AvgIpc) is 2.90. The molecule has 1 N–H and O–H groups in total. The quantitative estimate of drug-likeness (QED) is 0.605. The molecule has 1 aromatic rings. The molecular formula is C17H33N3S. The first-order chi connectivity index (χ1) is 10.2. The summed E-state index contributed by atoms with van der Waals surface area (Å²) in [5.74, 6) is 0. The summed E-state index contributed by atoms with van der Waals surface area (Å²) in [6.07, 6.45) is 5.87. The maximum absolute atomic E-state index is 4.93. The van der Waals surface area contributed by atoms with Gasteiger partial charge in [-0.2, -0.15) is 0 Å². The number of unbranched alkanes of at least 4 members (excludes halogenated alkanes) is 1. The number of rotatable bonds is 11. The van der Waals surface area contributed by atoms with Crippen molar-refractivity contribution in [3.8, 4) is 0 Å². The Morgan fingerprint density at radius 1 is 1.19 bits per heavy atom. The zero-order valence-electron chi connectivity index (χ0n) is 14.5. The molecule has 0 fully saturated rings. The molecule has 3 nitrogen and oxygen atoms in total. The van der Waals surface area contributed by atoms with Crippen molar-refractivity contribution in [3.05, 3.63) is 10.6 Å². The number of nitrogens with zero attached hydrogens (tertiary/aromatic N) is 2. The van der Waals surface area contributed by atoms with Gasteiger partial charge in [0.15, 0.2) is 5.13 Å². The van der Waals surface area contributed by atoms with E-state index in [4.69, 9.17) is 4.98 Å². The van der Waals surface area contributed by atoms with Gasteiger partial charge in [-0.05, 0) is 39.2 Å². The highest BCUT2D eigenvalue weighted by Crippen LogP contribution is 2.29. The van der Waals surface area contributed by atoms with Crippen LogP contribution in [0.3, 0.4) is 0 Å². The maximum Gasteiger partial charge on any atom is 0.186 e. The van der Waals surface area contributed by atoms with E-state index >= 15 is 0 Å². The van der Waals surface area contributed by atoms with Crippen molar-refractivity contribution >= 4 is 16.5 Å². The van der Waals surface area contributed by atoms with Crippen molar-refractivity contribution in [2.45, 2.75) is 79.3 Å². The van der Waals surface area contributed by atoms with E-state index in [1.54, 1.807) is 0 Å². The van der Waals surface area contributed by atoms with Gasteiger partial charge in [0.2, 0.25) is 0 Å². The molecule has 0 aromatic carbocycles. The SMILES string of the molecule is CCCCN(c1nc(CC)c(CNCCC)s1)C(C)CC. The molecule has 1 atom stereocenters. The number of nitrogens with one attached hydrogen (secondary N) is 1. The molecule has 0 saturated carbocycles. The van der Waals surface area contributed by atoms with Crippen LogP contribution in [0.15, 0.2) is 0 Å². The van der Waals surface area contributed by atoms with Gasteiger partial charge < -0.3 is 10.2 Å². The lowest BCUT2D eigenvalue weighted by molar-refractivity contribution is 0.594. The summed E-state index contributed by atoms with van der Waals surface area (Å²) >= 11 is 1.89. The zero-order valence-corrected chi connectivity index (χ0v) is 15.4. The Kier molecular flexibility index (Phi) is 8.93. The summed E-state index contributed by atoms with van der Waals surface area (Å²) in [4.78, 5) is 8.87. The third-order valence-corrected chi connectivity index (χ3v) is 5.07. The van der Waals surface area contributed by atoms with Crippen LogP contribution in [-0.2, 0) is 13.0 Å². The van der Waals surface area contributed by atoms with Crippen molar-refractivity contribution in [2.24, 2.45) is 0 Å². The molecule has 1 rings (SSSR count). The summed E-state index contributed by atoms with van der Waals surface area (Å²) in [7, 11) is 0. The minimum atomic E-state index is 0.573. The minimum Gasteiger partial charge on any atom is -0.345 e. The highest BCUT2D eigenvalue weighted by atomic mass is 32.1. The van der Waals surface area contributed by atoms with Crippen LogP contribution in [0, 0.1) is 0 Å². The minimum absolute atomic E-state index is 0.573. The third-order valence-electron chi connectivity index (χ3n) is 3.94. The van der Waals surface area contributed by atoms with E-state index in [9.17, 15) is 0 Å². The predicted octanol–water partition coefficient (Wildman–Crippen LogP) is 4.61. The third kappa shape index (κ3) is 5.59. The van der Waals surface area contributed by atoms with Crippen LogP contribution in [-0.4, -0.2) is 24.1 Å². The summed E-state index contributed by atoms with van der Waals surface area (Å²) in [6, 6.07) is 0.573. The normalized spacial score (nSPS) is 12.6. The van der Waals surface area contributed by atoms with E-state index in [0.29, 0.717) is 6.04 Å². The van der Waals surface area contributed by atoms with Gasteiger partial charge in [0.05, 0.1) is 5.69 Å². The lowest BCUT2D eigenvalue weighted by Gasteiger charge is -2.28. The first-order valence-electron chi connectivity index (χ1n) is 8.63. The van der Waals surface area contributed by atoms with Gasteiger partial charge in [-0.25, -0.2) is 4.98 Å². The smallest absolute Gasteiger partial charge is 0.186 e. The summed E-state index contributed by atoms with van der Waals surface area (Å²) in [5.41, 5.74) is 1.28. The molecule has 21 heavy (non-hydrogen) atoms. The molecule has 1 unspecified atom stereocenters. The second-order valence-corrected chi connectivity index (χ2v) is 6.76. The first-order valence-corrected chi connectivity index (χ1v) is 9.45. The van der Waals surface area contributed by atoms with Crippen LogP contribution < -0.4 is 10.2 Å². The molecule has 0 radical (unpaired) electrons. The van der Waals surface area contributed by atoms with E-state index in [-0.39, 0.29) is 0 Å². The van der Waals surface area contributed by atoms with Gasteiger partial charge in [-0.15, -0.1) is 11.3 Å². The van der Waals surface area contributed by atoms with E-state index in [1.807, 2.05) is 11.3 Å². The number of aryl methyl sites for hydroxylation is 1. The van der Waals surface area contributed by atoms with Gasteiger partial charge >= 0.3 is 0 Å². The van der Waals surface area contributed by atoms with Gasteiger partial charge in [0, 0.05) is 24.0 Å². The molecule has 1 aromatic heterocycles.